The van der Waals surface area contributed by atoms with E-state index in [1.807, 2.05) is 0 Å². The number of aromatic hydroxyl groups is 1. The van der Waals surface area contributed by atoms with Crippen LogP contribution in [0.15, 0.2) is 52.1 Å². The van der Waals surface area contributed by atoms with Gasteiger partial charge >= 0.3 is 12.1 Å². The maximum atomic E-state index is 13.3. The van der Waals surface area contributed by atoms with E-state index >= 15 is 0 Å². The predicted octanol–water partition coefficient (Wildman–Crippen LogP) is 4.57. The van der Waals surface area contributed by atoms with Gasteiger partial charge in [-0.15, -0.1) is 11.3 Å². The van der Waals surface area contributed by atoms with Crippen molar-refractivity contribution in [1.82, 2.24) is 0 Å². The molecule has 0 aliphatic carbocycles. The van der Waals surface area contributed by atoms with Crippen molar-refractivity contribution in [2.45, 2.75) is 36.3 Å². The number of carbonyl (C=O) groups is 2. The highest BCUT2D eigenvalue weighted by Crippen LogP contribution is 2.41. The average molecular weight is 502 g/mol. The van der Waals surface area contributed by atoms with Crippen molar-refractivity contribution in [2.75, 3.05) is 4.72 Å². The third-order valence-corrected chi connectivity index (χ3v) is 7.25. The average Bonchev–Trinajstić information content (AvgIpc) is 3.26. The molecule has 33 heavy (non-hydrogen) atoms. The Balaban J connectivity index is 2.25. The van der Waals surface area contributed by atoms with Gasteiger partial charge in [0.2, 0.25) is 0 Å². The van der Waals surface area contributed by atoms with Crippen molar-refractivity contribution in [3.63, 3.8) is 0 Å². The number of nitrogens with one attached hydrogen (secondary N) is 1. The highest BCUT2D eigenvalue weighted by Gasteiger charge is 2.49. The summed E-state index contributed by atoms with van der Waals surface area (Å²) in [5.74, 6) is -7.30. The number of phenols is 1. The van der Waals surface area contributed by atoms with Crippen LogP contribution in [0.25, 0.3) is 10.8 Å². The number of hydrogen-bond donors (Lipinski definition) is 2. The fourth-order valence-corrected chi connectivity index (χ4v) is 5.20. The third kappa shape index (κ3) is 5.11. The Morgan fingerprint density at radius 1 is 1.09 bits per heavy atom. The molecule has 0 bridgehead atoms. The summed E-state index contributed by atoms with van der Waals surface area (Å²) < 4.78 is 72.5. The topological polar surface area (TPSA) is 110 Å². The molecule has 0 spiro atoms. The van der Waals surface area contributed by atoms with Gasteiger partial charge in [-0.3, -0.25) is 14.3 Å². The molecular weight excluding hydrogens is 483 g/mol. The Labute approximate surface area is 190 Å². The number of anilines is 1. The Morgan fingerprint density at radius 2 is 1.73 bits per heavy atom. The second-order valence-electron chi connectivity index (χ2n) is 7.23. The molecule has 0 amide bonds. The quantitative estimate of drug-likeness (QED) is 0.279. The zero-order valence-corrected chi connectivity index (χ0v) is 18.8. The first-order chi connectivity index (χ1) is 15.3. The summed E-state index contributed by atoms with van der Waals surface area (Å²) in [7, 11) is -4.14. The standard InChI is InChI=1S/C21H18F3NO6S2/c1-11(2)31-20(28)17(19(27)21(22,23)24)14-10-15(12-6-3-4-7-13(12)18(14)26)25-33(29,30)16-8-5-9-32-16/h3-11,17,25-26H,1-2H3/t17-/m1/s1. The van der Waals surface area contributed by atoms with Crippen LogP contribution in [0, 0.1) is 0 Å². The molecule has 1 heterocycles. The van der Waals surface area contributed by atoms with E-state index in [4.69, 9.17) is 4.74 Å². The SMILES string of the molecule is CC(C)OC(=O)[C@@H](C(=O)C(F)(F)F)c1cc(NS(=O)(=O)c2cccs2)c2ccccc2c1O. The fourth-order valence-electron chi connectivity index (χ4n) is 3.14. The first kappa shape index (κ1) is 24.5. The van der Waals surface area contributed by atoms with E-state index in [1.54, 1.807) is 0 Å². The van der Waals surface area contributed by atoms with Gasteiger partial charge in [0, 0.05) is 16.3 Å². The number of alkyl halides is 3. The number of hydrogen-bond acceptors (Lipinski definition) is 7. The van der Waals surface area contributed by atoms with Crippen LogP contribution in [0.2, 0.25) is 0 Å². The number of halogens is 3. The predicted molar refractivity (Wildman–Crippen MR) is 116 cm³/mol. The molecule has 2 N–H and O–H groups in total. The molecule has 3 rings (SSSR count). The molecule has 0 saturated heterocycles. The summed E-state index contributed by atoms with van der Waals surface area (Å²) in [6, 6.07) is 9.40. The highest BCUT2D eigenvalue weighted by atomic mass is 32.2. The summed E-state index contributed by atoms with van der Waals surface area (Å²) in [5, 5.41) is 12.3. The number of benzene rings is 2. The molecule has 1 atom stereocenters. The fraction of sp³-hybridized carbons (Fsp3) is 0.238. The number of phenolic OH excluding ortho intramolecular Hbond substituents is 1. The Bertz CT molecular complexity index is 1300. The lowest BCUT2D eigenvalue weighted by atomic mass is 9.90. The monoisotopic (exact) mass is 501 g/mol. The molecule has 176 valence electrons. The minimum atomic E-state index is -5.42. The molecule has 0 aliphatic heterocycles. The number of carbonyl (C=O) groups excluding carboxylic acids is 2. The van der Waals surface area contributed by atoms with Crippen LogP contribution in [0.4, 0.5) is 18.9 Å². The molecule has 12 heteroatoms. The number of Topliss-reactive ketones (excluding diaryl/α,β-unsaturated/α-hetero) is 1. The van der Waals surface area contributed by atoms with E-state index in [9.17, 15) is 36.3 Å². The normalized spacial score (nSPS) is 13.2. The van der Waals surface area contributed by atoms with Gasteiger partial charge in [-0.25, -0.2) is 8.42 Å². The zero-order chi connectivity index (χ0) is 24.6. The van der Waals surface area contributed by atoms with Crippen molar-refractivity contribution in [3.05, 3.63) is 53.4 Å². The van der Waals surface area contributed by atoms with Gasteiger partial charge in [-0.05, 0) is 31.4 Å². The van der Waals surface area contributed by atoms with Crippen LogP contribution in [0.5, 0.6) is 5.75 Å². The lowest BCUT2D eigenvalue weighted by Crippen LogP contribution is -2.35. The second-order valence-corrected chi connectivity index (χ2v) is 10.1. The van der Waals surface area contributed by atoms with E-state index in [1.165, 1.54) is 55.6 Å². The molecule has 7 nitrogen and oxygen atoms in total. The van der Waals surface area contributed by atoms with Gasteiger partial charge in [0.1, 0.15) is 9.96 Å². The number of ether oxygens (including phenoxy) is 1. The number of sulfonamides is 1. The van der Waals surface area contributed by atoms with Crippen molar-refractivity contribution in [3.8, 4) is 5.75 Å². The maximum absolute atomic E-state index is 13.3. The van der Waals surface area contributed by atoms with Crippen LogP contribution < -0.4 is 4.72 Å². The van der Waals surface area contributed by atoms with E-state index in [-0.39, 0.29) is 20.7 Å². The van der Waals surface area contributed by atoms with Crippen LogP contribution in [-0.4, -0.2) is 37.6 Å². The van der Waals surface area contributed by atoms with Gasteiger partial charge in [-0.2, -0.15) is 13.2 Å². The van der Waals surface area contributed by atoms with Gasteiger partial charge in [0.15, 0.2) is 5.92 Å². The molecular formula is C21H18F3NO6S2. The van der Waals surface area contributed by atoms with E-state index in [0.717, 1.165) is 17.4 Å². The molecule has 2 aromatic carbocycles. The molecule has 3 aromatic rings. The number of esters is 1. The van der Waals surface area contributed by atoms with Gasteiger partial charge in [-0.1, -0.05) is 30.3 Å². The van der Waals surface area contributed by atoms with Crippen molar-refractivity contribution < 1.29 is 41.0 Å². The Hall–Kier alpha value is -3.12. The van der Waals surface area contributed by atoms with Gasteiger partial charge in [0.25, 0.3) is 15.8 Å². The van der Waals surface area contributed by atoms with Crippen molar-refractivity contribution >= 4 is 49.6 Å². The smallest absolute Gasteiger partial charge is 0.451 e. The van der Waals surface area contributed by atoms with Crippen LogP contribution in [0.3, 0.4) is 0 Å². The summed E-state index contributed by atoms with van der Waals surface area (Å²) in [5.41, 5.74) is -0.949. The van der Waals surface area contributed by atoms with Crippen molar-refractivity contribution in [1.29, 1.82) is 0 Å². The summed E-state index contributed by atoms with van der Waals surface area (Å²) in [6.07, 6.45) is -6.27. The van der Waals surface area contributed by atoms with E-state index in [0.29, 0.717) is 0 Å². The molecule has 0 radical (unpaired) electrons. The minimum absolute atomic E-state index is 0.0591. The number of thiophene rings is 1. The van der Waals surface area contributed by atoms with Crippen molar-refractivity contribution in [2.24, 2.45) is 0 Å². The number of ketones is 1. The van der Waals surface area contributed by atoms with Gasteiger partial charge in [0.05, 0.1) is 11.8 Å². The van der Waals surface area contributed by atoms with E-state index < -0.39 is 51.3 Å². The third-order valence-electron chi connectivity index (χ3n) is 4.49. The number of fused-ring (bicyclic) bond motifs is 1. The maximum Gasteiger partial charge on any atom is 0.451 e. The lowest BCUT2D eigenvalue weighted by Gasteiger charge is -2.21. The van der Waals surface area contributed by atoms with Crippen LogP contribution in [-0.2, 0) is 24.3 Å². The molecule has 0 aliphatic rings. The van der Waals surface area contributed by atoms with Crippen LogP contribution in [0.1, 0.15) is 25.3 Å². The summed E-state index contributed by atoms with van der Waals surface area (Å²) in [6.45, 7) is 2.77. The summed E-state index contributed by atoms with van der Waals surface area (Å²) in [4.78, 5) is 24.7. The first-order valence-electron chi connectivity index (χ1n) is 9.45. The Morgan fingerprint density at radius 3 is 2.27 bits per heavy atom. The zero-order valence-electron chi connectivity index (χ0n) is 17.2. The highest BCUT2D eigenvalue weighted by molar-refractivity contribution is 7.94. The minimum Gasteiger partial charge on any atom is -0.507 e. The second kappa shape index (κ2) is 9.02. The molecule has 1 aromatic heterocycles. The lowest BCUT2D eigenvalue weighted by molar-refractivity contribution is -0.178. The van der Waals surface area contributed by atoms with Gasteiger partial charge < -0.3 is 9.84 Å². The first-order valence-corrected chi connectivity index (χ1v) is 11.8. The number of rotatable bonds is 7. The molecule has 0 saturated carbocycles. The molecule has 0 unspecified atom stereocenters. The van der Waals surface area contributed by atoms with Crippen LogP contribution >= 0.6 is 11.3 Å². The molecule has 0 fully saturated rings. The summed E-state index contributed by atoms with van der Waals surface area (Å²) >= 11 is 0.911. The van der Waals surface area contributed by atoms with E-state index in [2.05, 4.69) is 4.72 Å². The Kier molecular flexibility index (Phi) is 6.70. The largest absolute Gasteiger partial charge is 0.507 e.